The molecule has 4 rings (SSSR count). The number of primary amides is 1. The second-order valence-corrected chi connectivity index (χ2v) is 9.84. The zero-order valence-electron chi connectivity index (χ0n) is 21.4. The van der Waals surface area contributed by atoms with Gasteiger partial charge < -0.3 is 30.1 Å². The molecule has 1 atom stereocenters. The molecule has 0 saturated carbocycles. The van der Waals surface area contributed by atoms with E-state index >= 15 is 0 Å². The standard InChI is InChI=1S/C27H30FN5O5/c1-27(2,3)38-26(36)32-12-13-33(19(15-32)16-34)23-14-22(24(29)35)30-25(31-23)17-4-8-20(9-5-17)37-21-10-6-18(28)7-11-21/h4-11,14,19,34H,12-13,15-16H2,1-3H3,(H2,29,35). The average Bonchev–Trinajstić information content (AvgIpc) is 2.88. The van der Waals surface area contributed by atoms with Crippen LogP contribution in [0.5, 0.6) is 11.5 Å². The maximum Gasteiger partial charge on any atom is 0.410 e. The number of carbonyl (C=O) groups excluding carboxylic acids is 2. The highest BCUT2D eigenvalue weighted by molar-refractivity contribution is 5.92. The third-order valence-electron chi connectivity index (χ3n) is 5.77. The predicted molar refractivity (Wildman–Crippen MR) is 138 cm³/mol. The van der Waals surface area contributed by atoms with E-state index in [2.05, 4.69) is 9.97 Å². The Labute approximate surface area is 219 Å². The quantitative estimate of drug-likeness (QED) is 0.501. The van der Waals surface area contributed by atoms with E-state index in [1.807, 2.05) is 4.90 Å². The van der Waals surface area contributed by atoms with E-state index in [4.69, 9.17) is 15.2 Å². The van der Waals surface area contributed by atoms with Crippen molar-refractivity contribution in [3.63, 3.8) is 0 Å². The summed E-state index contributed by atoms with van der Waals surface area (Å²) < 4.78 is 24.3. The molecule has 1 aliphatic heterocycles. The van der Waals surface area contributed by atoms with Crippen LogP contribution in [0.15, 0.2) is 54.6 Å². The molecule has 1 aromatic heterocycles. The number of aromatic nitrogens is 2. The van der Waals surface area contributed by atoms with Crippen LogP contribution in [0.25, 0.3) is 11.4 Å². The number of rotatable bonds is 6. The van der Waals surface area contributed by atoms with Crippen LogP contribution in [0, 0.1) is 5.82 Å². The van der Waals surface area contributed by atoms with Crippen molar-refractivity contribution in [1.29, 1.82) is 0 Å². The Morgan fingerprint density at radius 2 is 1.68 bits per heavy atom. The van der Waals surface area contributed by atoms with E-state index in [9.17, 15) is 19.1 Å². The molecule has 3 N–H and O–H groups in total. The van der Waals surface area contributed by atoms with Crippen LogP contribution in [0.1, 0.15) is 31.3 Å². The van der Waals surface area contributed by atoms with E-state index < -0.39 is 23.6 Å². The SMILES string of the molecule is CC(C)(C)OC(=O)N1CCN(c2cc(C(N)=O)nc(-c3ccc(Oc4ccc(F)cc4)cc3)n2)C(CO)C1. The van der Waals surface area contributed by atoms with Crippen LogP contribution in [-0.4, -0.2) is 69.9 Å². The topological polar surface area (TPSA) is 131 Å². The first-order chi connectivity index (χ1) is 18.0. The number of piperazine rings is 1. The lowest BCUT2D eigenvalue weighted by molar-refractivity contribution is 0.0197. The molecule has 1 unspecified atom stereocenters. The number of nitrogens with zero attached hydrogens (tertiary/aromatic N) is 4. The Morgan fingerprint density at radius 1 is 1.05 bits per heavy atom. The van der Waals surface area contributed by atoms with Crippen LogP contribution in [0.2, 0.25) is 0 Å². The minimum absolute atomic E-state index is 0.0166. The Kier molecular flexibility index (Phi) is 7.77. The highest BCUT2D eigenvalue weighted by atomic mass is 19.1. The van der Waals surface area contributed by atoms with Crippen LogP contribution < -0.4 is 15.4 Å². The molecule has 0 radical (unpaired) electrons. The third-order valence-corrected chi connectivity index (χ3v) is 5.77. The first-order valence-corrected chi connectivity index (χ1v) is 12.1. The van der Waals surface area contributed by atoms with E-state index in [0.29, 0.717) is 36.0 Å². The van der Waals surface area contributed by atoms with Crippen LogP contribution >= 0.6 is 0 Å². The molecular formula is C27H30FN5O5. The lowest BCUT2D eigenvalue weighted by Crippen LogP contribution is -2.57. The van der Waals surface area contributed by atoms with Crippen LogP contribution in [0.3, 0.4) is 0 Å². The van der Waals surface area contributed by atoms with Gasteiger partial charge in [0, 0.05) is 31.3 Å². The normalized spacial score (nSPS) is 15.8. The summed E-state index contributed by atoms with van der Waals surface area (Å²) in [4.78, 5) is 36.9. The number of ether oxygens (including phenoxy) is 2. The van der Waals surface area contributed by atoms with Crippen molar-refractivity contribution in [3.8, 4) is 22.9 Å². The molecule has 10 nitrogen and oxygen atoms in total. The first-order valence-electron chi connectivity index (χ1n) is 12.1. The van der Waals surface area contributed by atoms with Crippen molar-refractivity contribution in [2.75, 3.05) is 31.1 Å². The maximum absolute atomic E-state index is 13.1. The summed E-state index contributed by atoms with van der Waals surface area (Å²) in [7, 11) is 0. The lowest BCUT2D eigenvalue weighted by Gasteiger charge is -2.41. The summed E-state index contributed by atoms with van der Waals surface area (Å²) in [5.74, 6) is 0.581. The first kappa shape index (κ1) is 26.8. The zero-order chi connectivity index (χ0) is 27.4. The van der Waals surface area contributed by atoms with Crippen molar-refractivity contribution in [1.82, 2.24) is 14.9 Å². The molecule has 1 aliphatic rings. The molecule has 38 heavy (non-hydrogen) atoms. The van der Waals surface area contributed by atoms with Crippen molar-refractivity contribution >= 4 is 17.8 Å². The highest BCUT2D eigenvalue weighted by Crippen LogP contribution is 2.27. The van der Waals surface area contributed by atoms with E-state index in [1.165, 1.54) is 30.3 Å². The third kappa shape index (κ3) is 6.54. The van der Waals surface area contributed by atoms with Crippen molar-refractivity contribution in [2.24, 2.45) is 5.73 Å². The van der Waals surface area contributed by atoms with Crippen molar-refractivity contribution in [3.05, 3.63) is 66.1 Å². The lowest BCUT2D eigenvalue weighted by atomic mass is 10.1. The monoisotopic (exact) mass is 523 g/mol. The Balaban J connectivity index is 1.56. The summed E-state index contributed by atoms with van der Waals surface area (Å²) in [5, 5.41) is 10.1. The van der Waals surface area contributed by atoms with Gasteiger partial charge in [0.2, 0.25) is 0 Å². The van der Waals surface area contributed by atoms with Gasteiger partial charge in [-0.05, 0) is 69.3 Å². The number of amides is 2. The van der Waals surface area contributed by atoms with E-state index in [1.54, 1.807) is 49.9 Å². The number of halogens is 1. The number of aliphatic hydroxyl groups is 1. The maximum atomic E-state index is 13.1. The van der Waals surface area contributed by atoms with E-state index in [-0.39, 0.29) is 30.5 Å². The summed E-state index contributed by atoms with van der Waals surface area (Å²) in [6.45, 7) is 6.03. The number of nitrogens with two attached hydrogens (primary N) is 1. The fraction of sp³-hybridized carbons (Fsp3) is 0.333. The summed E-state index contributed by atoms with van der Waals surface area (Å²) in [6.07, 6.45) is -0.459. The second-order valence-electron chi connectivity index (χ2n) is 9.84. The second kappa shape index (κ2) is 11.0. The molecule has 200 valence electrons. The molecule has 1 saturated heterocycles. The molecule has 0 spiro atoms. The number of benzene rings is 2. The Hall–Kier alpha value is -4.25. The Morgan fingerprint density at radius 3 is 2.26 bits per heavy atom. The zero-order valence-corrected chi connectivity index (χ0v) is 21.4. The molecule has 2 heterocycles. The molecule has 0 bridgehead atoms. The van der Waals surface area contributed by atoms with Gasteiger partial charge >= 0.3 is 6.09 Å². The van der Waals surface area contributed by atoms with E-state index in [0.717, 1.165) is 0 Å². The summed E-state index contributed by atoms with van der Waals surface area (Å²) in [5.41, 5.74) is 5.54. The molecule has 2 aromatic carbocycles. The van der Waals surface area contributed by atoms with Gasteiger partial charge in [0.25, 0.3) is 5.91 Å². The van der Waals surface area contributed by atoms with Gasteiger partial charge in [-0.25, -0.2) is 19.2 Å². The van der Waals surface area contributed by atoms with Gasteiger partial charge in [-0.2, -0.15) is 0 Å². The molecule has 0 aliphatic carbocycles. The van der Waals surface area contributed by atoms with Gasteiger partial charge in [0.15, 0.2) is 5.82 Å². The molecule has 1 fully saturated rings. The number of hydrogen-bond acceptors (Lipinski definition) is 8. The molecule has 3 aromatic rings. The predicted octanol–water partition coefficient (Wildman–Crippen LogP) is 3.59. The number of anilines is 1. The average molecular weight is 524 g/mol. The number of carbonyl (C=O) groups is 2. The number of aliphatic hydroxyl groups excluding tert-OH is 1. The van der Waals surface area contributed by atoms with Crippen molar-refractivity contribution < 1.29 is 28.6 Å². The Bertz CT molecular complexity index is 1290. The molecular weight excluding hydrogens is 493 g/mol. The minimum atomic E-state index is -0.723. The fourth-order valence-electron chi connectivity index (χ4n) is 3.95. The van der Waals surface area contributed by atoms with Crippen molar-refractivity contribution in [2.45, 2.75) is 32.4 Å². The summed E-state index contributed by atoms with van der Waals surface area (Å²) >= 11 is 0. The largest absolute Gasteiger partial charge is 0.457 e. The van der Waals surface area contributed by atoms with Gasteiger partial charge in [-0.3, -0.25) is 4.79 Å². The molecule has 2 amide bonds. The highest BCUT2D eigenvalue weighted by Gasteiger charge is 2.33. The molecule has 11 heteroatoms. The fourth-order valence-corrected chi connectivity index (χ4v) is 3.95. The van der Waals surface area contributed by atoms with Gasteiger partial charge in [-0.1, -0.05) is 0 Å². The van der Waals surface area contributed by atoms with Gasteiger partial charge in [-0.15, -0.1) is 0 Å². The summed E-state index contributed by atoms with van der Waals surface area (Å²) in [6, 6.07) is 13.5. The van der Waals surface area contributed by atoms with Crippen LogP contribution in [0.4, 0.5) is 15.0 Å². The minimum Gasteiger partial charge on any atom is -0.457 e. The van der Waals surface area contributed by atoms with Gasteiger partial charge in [0.1, 0.15) is 34.4 Å². The smallest absolute Gasteiger partial charge is 0.410 e. The number of hydrogen-bond donors (Lipinski definition) is 2. The van der Waals surface area contributed by atoms with Gasteiger partial charge in [0.05, 0.1) is 12.6 Å². The van der Waals surface area contributed by atoms with Crippen LogP contribution in [-0.2, 0) is 4.74 Å².